The molecule has 1 nitrogen and oxygen atoms in total. The standard InChI is InChI=1S/C17H17BrOS/c1-11-6-12(2)8-14(7-11)10-20-15-4-5-16(13(3)19)17(18)9-15/h4-9H,10H2,1-3H3. The molecule has 0 atom stereocenters. The maximum Gasteiger partial charge on any atom is 0.160 e. The third-order valence-electron chi connectivity index (χ3n) is 3.01. The van der Waals surface area contributed by atoms with Crippen LogP contribution >= 0.6 is 27.7 Å². The fourth-order valence-corrected chi connectivity index (χ4v) is 3.87. The monoisotopic (exact) mass is 348 g/mol. The van der Waals surface area contributed by atoms with Crippen molar-refractivity contribution in [3.63, 3.8) is 0 Å². The maximum absolute atomic E-state index is 11.4. The summed E-state index contributed by atoms with van der Waals surface area (Å²) in [6.45, 7) is 5.83. The number of Topliss-reactive ketones (excluding diaryl/α,β-unsaturated/α-hetero) is 1. The minimum absolute atomic E-state index is 0.0859. The third kappa shape index (κ3) is 3.97. The molecule has 2 rings (SSSR count). The summed E-state index contributed by atoms with van der Waals surface area (Å²) < 4.78 is 0.871. The van der Waals surface area contributed by atoms with Crippen LogP contribution < -0.4 is 0 Å². The lowest BCUT2D eigenvalue weighted by molar-refractivity contribution is 0.101. The van der Waals surface area contributed by atoms with Gasteiger partial charge in [0.2, 0.25) is 0 Å². The first-order chi connectivity index (χ1) is 9.45. The highest BCUT2D eigenvalue weighted by Gasteiger charge is 2.06. The molecule has 0 saturated carbocycles. The average molecular weight is 349 g/mol. The zero-order valence-corrected chi connectivity index (χ0v) is 14.3. The molecule has 0 aliphatic rings. The van der Waals surface area contributed by atoms with Crippen molar-refractivity contribution < 1.29 is 4.79 Å². The molecule has 0 bridgehead atoms. The number of hydrogen-bond acceptors (Lipinski definition) is 2. The van der Waals surface area contributed by atoms with Gasteiger partial charge >= 0.3 is 0 Å². The van der Waals surface area contributed by atoms with Crippen LogP contribution in [0, 0.1) is 13.8 Å². The van der Waals surface area contributed by atoms with Crippen LogP contribution in [0.4, 0.5) is 0 Å². The number of rotatable bonds is 4. The predicted octanol–water partition coefficient (Wildman–Crippen LogP) is 5.56. The molecule has 20 heavy (non-hydrogen) atoms. The Labute approximate surface area is 132 Å². The summed E-state index contributed by atoms with van der Waals surface area (Å²) in [6.07, 6.45) is 0. The maximum atomic E-state index is 11.4. The van der Waals surface area contributed by atoms with Crippen LogP contribution in [0.5, 0.6) is 0 Å². The molecule has 0 radical (unpaired) electrons. The molecule has 0 spiro atoms. The Hall–Kier alpha value is -1.06. The van der Waals surface area contributed by atoms with E-state index < -0.39 is 0 Å². The molecule has 3 heteroatoms. The first-order valence-electron chi connectivity index (χ1n) is 6.46. The quantitative estimate of drug-likeness (QED) is 0.531. The number of aryl methyl sites for hydroxylation is 2. The second kappa shape index (κ2) is 6.59. The normalized spacial score (nSPS) is 10.6. The molecular formula is C17H17BrOS. The third-order valence-corrected chi connectivity index (χ3v) is 4.73. The van der Waals surface area contributed by atoms with Gasteiger partial charge in [-0.1, -0.05) is 45.3 Å². The van der Waals surface area contributed by atoms with E-state index in [-0.39, 0.29) is 5.78 Å². The van der Waals surface area contributed by atoms with Gasteiger partial charge in [-0.2, -0.15) is 0 Å². The lowest BCUT2D eigenvalue weighted by Crippen LogP contribution is -1.93. The Balaban J connectivity index is 2.11. The molecule has 0 aromatic heterocycles. The minimum atomic E-state index is 0.0859. The van der Waals surface area contributed by atoms with E-state index in [2.05, 4.69) is 48.0 Å². The molecule has 2 aromatic carbocycles. The highest BCUT2D eigenvalue weighted by Crippen LogP contribution is 2.28. The zero-order chi connectivity index (χ0) is 14.7. The van der Waals surface area contributed by atoms with Gasteiger partial charge in [-0.3, -0.25) is 4.79 Å². The van der Waals surface area contributed by atoms with E-state index in [1.807, 2.05) is 18.2 Å². The first kappa shape index (κ1) is 15.3. The molecule has 104 valence electrons. The van der Waals surface area contributed by atoms with E-state index in [1.165, 1.54) is 21.6 Å². The highest BCUT2D eigenvalue weighted by molar-refractivity contribution is 9.10. The summed E-state index contributed by atoms with van der Waals surface area (Å²) in [7, 11) is 0. The number of hydrogen-bond donors (Lipinski definition) is 0. The van der Waals surface area contributed by atoms with E-state index in [0.717, 1.165) is 15.8 Å². The molecule has 0 unspecified atom stereocenters. The first-order valence-corrected chi connectivity index (χ1v) is 8.24. The predicted molar refractivity (Wildman–Crippen MR) is 89.6 cm³/mol. The Morgan fingerprint density at radius 2 is 1.75 bits per heavy atom. The molecule has 2 aromatic rings. The fraction of sp³-hybridized carbons (Fsp3) is 0.235. The lowest BCUT2D eigenvalue weighted by atomic mass is 10.1. The van der Waals surface area contributed by atoms with E-state index in [4.69, 9.17) is 0 Å². The summed E-state index contributed by atoms with van der Waals surface area (Å²) in [5.41, 5.74) is 4.67. The Kier molecular flexibility index (Phi) is 5.06. The lowest BCUT2D eigenvalue weighted by Gasteiger charge is -2.07. The second-order valence-electron chi connectivity index (χ2n) is 4.98. The molecule has 0 amide bonds. The summed E-state index contributed by atoms with van der Waals surface area (Å²) in [6, 6.07) is 12.5. The van der Waals surface area contributed by atoms with Crippen LogP contribution in [-0.4, -0.2) is 5.78 Å². The minimum Gasteiger partial charge on any atom is -0.294 e. The van der Waals surface area contributed by atoms with Gasteiger partial charge in [0.1, 0.15) is 0 Å². The van der Waals surface area contributed by atoms with Gasteiger partial charge in [0.05, 0.1) is 0 Å². The summed E-state index contributed by atoms with van der Waals surface area (Å²) >= 11 is 5.25. The number of carbonyl (C=O) groups is 1. The molecular weight excluding hydrogens is 332 g/mol. The van der Waals surface area contributed by atoms with Crippen LogP contribution in [0.1, 0.15) is 34.0 Å². The SMILES string of the molecule is CC(=O)c1ccc(SCc2cc(C)cc(C)c2)cc1Br. The number of thioether (sulfide) groups is 1. The Morgan fingerprint density at radius 3 is 2.30 bits per heavy atom. The molecule has 0 fully saturated rings. The van der Waals surface area contributed by atoms with Crippen molar-refractivity contribution in [2.24, 2.45) is 0 Å². The molecule has 0 saturated heterocycles. The van der Waals surface area contributed by atoms with Crippen molar-refractivity contribution in [1.29, 1.82) is 0 Å². The summed E-state index contributed by atoms with van der Waals surface area (Å²) in [4.78, 5) is 12.6. The van der Waals surface area contributed by atoms with Crippen molar-refractivity contribution in [3.05, 3.63) is 63.1 Å². The Morgan fingerprint density at radius 1 is 1.10 bits per heavy atom. The molecule has 0 heterocycles. The van der Waals surface area contributed by atoms with Crippen LogP contribution in [-0.2, 0) is 5.75 Å². The van der Waals surface area contributed by atoms with Crippen LogP contribution in [0.2, 0.25) is 0 Å². The van der Waals surface area contributed by atoms with E-state index in [1.54, 1.807) is 18.7 Å². The van der Waals surface area contributed by atoms with Crippen molar-refractivity contribution in [2.45, 2.75) is 31.4 Å². The number of carbonyl (C=O) groups excluding carboxylic acids is 1. The van der Waals surface area contributed by atoms with E-state index in [0.29, 0.717) is 0 Å². The number of halogens is 1. The van der Waals surface area contributed by atoms with Crippen LogP contribution in [0.25, 0.3) is 0 Å². The zero-order valence-electron chi connectivity index (χ0n) is 11.9. The van der Waals surface area contributed by atoms with Gasteiger partial charge in [0, 0.05) is 20.7 Å². The van der Waals surface area contributed by atoms with Gasteiger partial charge < -0.3 is 0 Å². The van der Waals surface area contributed by atoms with Crippen LogP contribution in [0.15, 0.2) is 45.8 Å². The van der Waals surface area contributed by atoms with Crippen LogP contribution in [0.3, 0.4) is 0 Å². The smallest absolute Gasteiger partial charge is 0.160 e. The van der Waals surface area contributed by atoms with Crippen molar-refractivity contribution in [1.82, 2.24) is 0 Å². The summed E-state index contributed by atoms with van der Waals surface area (Å²) in [5.74, 6) is 1.02. The van der Waals surface area contributed by atoms with E-state index in [9.17, 15) is 4.79 Å². The molecule has 0 N–H and O–H groups in total. The highest BCUT2D eigenvalue weighted by atomic mass is 79.9. The topological polar surface area (TPSA) is 17.1 Å². The summed E-state index contributed by atoms with van der Waals surface area (Å²) in [5, 5.41) is 0. The van der Waals surface area contributed by atoms with Gasteiger partial charge in [0.15, 0.2) is 5.78 Å². The second-order valence-corrected chi connectivity index (χ2v) is 6.89. The van der Waals surface area contributed by atoms with Crippen molar-refractivity contribution in [3.8, 4) is 0 Å². The van der Waals surface area contributed by atoms with Gasteiger partial charge in [-0.15, -0.1) is 11.8 Å². The number of ketones is 1. The van der Waals surface area contributed by atoms with Crippen molar-refractivity contribution in [2.75, 3.05) is 0 Å². The molecule has 0 aliphatic heterocycles. The average Bonchev–Trinajstić information content (AvgIpc) is 2.35. The van der Waals surface area contributed by atoms with Gasteiger partial charge in [-0.25, -0.2) is 0 Å². The largest absolute Gasteiger partial charge is 0.294 e. The van der Waals surface area contributed by atoms with E-state index >= 15 is 0 Å². The van der Waals surface area contributed by atoms with Gasteiger partial charge in [-0.05, 0) is 44.5 Å². The molecule has 0 aliphatic carbocycles. The number of benzene rings is 2. The Bertz CT molecular complexity index is 629. The van der Waals surface area contributed by atoms with Gasteiger partial charge in [0.25, 0.3) is 0 Å². The fourth-order valence-electron chi connectivity index (χ4n) is 2.19. The van der Waals surface area contributed by atoms with Crippen molar-refractivity contribution >= 4 is 33.5 Å².